The number of anilines is 1. The topological polar surface area (TPSA) is 78.4 Å². The number of carbonyl (C=O) groups excluding carboxylic acids is 2. The first-order valence-electron chi connectivity index (χ1n) is 10.2. The first kappa shape index (κ1) is 18.2. The molecular formula is C20H29N5O2. The summed E-state index contributed by atoms with van der Waals surface area (Å²) >= 11 is 0. The standard InChI is InChI=1S/C20H29N5O2/c1-13(26)24-11-9-16-15(12-24)18(21-2)23-19(22-16)17-8-5-10-25(17)20(27)14-6-3-4-7-14/h14,17H,3-12H2,1-2H3,(H,21,22,23)/t17-/m0/s1. The second-order valence-electron chi connectivity index (χ2n) is 7.97. The molecule has 0 unspecified atom stereocenters. The maximum atomic E-state index is 13.0. The van der Waals surface area contributed by atoms with Gasteiger partial charge >= 0.3 is 0 Å². The van der Waals surface area contributed by atoms with Crippen LogP contribution < -0.4 is 5.32 Å². The van der Waals surface area contributed by atoms with Gasteiger partial charge in [-0.3, -0.25) is 9.59 Å². The van der Waals surface area contributed by atoms with Crippen LogP contribution in [0.15, 0.2) is 0 Å². The van der Waals surface area contributed by atoms with Crippen molar-refractivity contribution in [2.45, 2.75) is 64.5 Å². The fraction of sp³-hybridized carbons (Fsp3) is 0.700. The Balaban J connectivity index is 1.62. The van der Waals surface area contributed by atoms with E-state index in [1.54, 1.807) is 6.92 Å². The molecule has 0 bridgehead atoms. The number of hydrogen-bond acceptors (Lipinski definition) is 5. The number of nitrogens with zero attached hydrogens (tertiary/aromatic N) is 4. The van der Waals surface area contributed by atoms with Crippen LogP contribution in [0.4, 0.5) is 5.82 Å². The molecular weight excluding hydrogens is 342 g/mol. The summed E-state index contributed by atoms with van der Waals surface area (Å²) in [6.45, 7) is 3.66. The Bertz CT molecular complexity index is 727. The van der Waals surface area contributed by atoms with E-state index in [1.165, 1.54) is 12.8 Å². The molecule has 4 rings (SSSR count). The number of rotatable bonds is 3. The van der Waals surface area contributed by atoms with Crippen molar-refractivity contribution in [2.75, 3.05) is 25.5 Å². The van der Waals surface area contributed by atoms with E-state index >= 15 is 0 Å². The first-order valence-corrected chi connectivity index (χ1v) is 10.2. The highest BCUT2D eigenvalue weighted by Gasteiger charge is 2.37. The molecule has 0 spiro atoms. The number of fused-ring (bicyclic) bond motifs is 1. The monoisotopic (exact) mass is 371 g/mol. The predicted molar refractivity (Wildman–Crippen MR) is 102 cm³/mol. The molecule has 2 aliphatic heterocycles. The average molecular weight is 371 g/mol. The maximum Gasteiger partial charge on any atom is 0.226 e. The van der Waals surface area contributed by atoms with Crippen LogP contribution in [0, 0.1) is 5.92 Å². The van der Waals surface area contributed by atoms with Gasteiger partial charge in [-0.05, 0) is 25.7 Å². The van der Waals surface area contributed by atoms with E-state index in [-0.39, 0.29) is 17.9 Å². The minimum absolute atomic E-state index is 0.0127. The zero-order chi connectivity index (χ0) is 19.0. The SMILES string of the molecule is CNc1nc([C@@H]2CCCN2C(=O)C2CCCC2)nc2c1CN(C(C)=O)CC2. The van der Waals surface area contributed by atoms with Crippen LogP contribution in [0.25, 0.3) is 0 Å². The molecule has 3 heterocycles. The number of nitrogens with one attached hydrogen (secondary N) is 1. The molecule has 2 amide bonds. The molecule has 1 saturated heterocycles. The smallest absolute Gasteiger partial charge is 0.226 e. The molecule has 7 nitrogen and oxygen atoms in total. The van der Waals surface area contributed by atoms with E-state index in [9.17, 15) is 9.59 Å². The lowest BCUT2D eigenvalue weighted by atomic mass is 10.0. The highest BCUT2D eigenvalue weighted by atomic mass is 16.2. The van der Waals surface area contributed by atoms with E-state index in [0.717, 1.165) is 61.5 Å². The van der Waals surface area contributed by atoms with Gasteiger partial charge in [-0.25, -0.2) is 9.97 Å². The summed E-state index contributed by atoms with van der Waals surface area (Å²) in [4.78, 5) is 38.3. The summed E-state index contributed by atoms with van der Waals surface area (Å²) < 4.78 is 0. The quantitative estimate of drug-likeness (QED) is 0.882. The van der Waals surface area contributed by atoms with Crippen molar-refractivity contribution in [3.63, 3.8) is 0 Å². The Labute approximate surface area is 160 Å². The fourth-order valence-electron chi connectivity index (χ4n) is 4.76. The number of aromatic nitrogens is 2. The zero-order valence-electron chi connectivity index (χ0n) is 16.3. The zero-order valence-corrected chi connectivity index (χ0v) is 16.3. The highest BCUT2D eigenvalue weighted by molar-refractivity contribution is 5.79. The van der Waals surface area contributed by atoms with Crippen molar-refractivity contribution in [3.05, 3.63) is 17.1 Å². The highest BCUT2D eigenvalue weighted by Crippen LogP contribution is 2.36. The van der Waals surface area contributed by atoms with Crippen LogP contribution in [0.5, 0.6) is 0 Å². The lowest BCUT2D eigenvalue weighted by Gasteiger charge is -2.31. The molecule has 1 aromatic rings. The van der Waals surface area contributed by atoms with Crippen LogP contribution in [0.2, 0.25) is 0 Å². The van der Waals surface area contributed by atoms with Gasteiger partial charge in [0.15, 0.2) is 5.82 Å². The van der Waals surface area contributed by atoms with E-state index < -0.39 is 0 Å². The lowest BCUT2D eigenvalue weighted by molar-refractivity contribution is -0.136. The van der Waals surface area contributed by atoms with Gasteiger partial charge in [0.1, 0.15) is 5.82 Å². The predicted octanol–water partition coefficient (Wildman–Crippen LogP) is 2.28. The van der Waals surface area contributed by atoms with Gasteiger partial charge in [-0.2, -0.15) is 0 Å². The Hall–Kier alpha value is -2.18. The number of likely N-dealkylation sites (tertiary alicyclic amines) is 1. The molecule has 1 atom stereocenters. The number of carbonyl (C=O) groups is 2. The second-order valence-corrected chi connectivity index (χ2v) is 7.97. The average Bonchev–Trinajstić information content (AvgIpc) is 3.37. The Morgan fingerprint density at radius 2 is 1.85 bits per heavy atom. The van der Waals surface area contributed by atoms with Crippen molar-refractivity contribution >= 4 is 17.6 Å². The number of amides is 2. The van der Waals surface area contributed by atoms with Gasteiger partial charge in [0, 0.05) is 45.0 Å². The molecule has 7 heteroatoms. The van der Waals surface area contributed by atoms with Gasteiger partial charge in [0.25, 0.3) is 0 Å². The third-order valence-electron chi connectivity index (χ3n) is 6.30. The molecule has 1 aliphatic carbocycles. The van der Waals surface area contributed by atoms with Gasteiger partial charge in [0.2, 0.25) is 11.8 Å². The summed E-state index contributed by atoms with van der Waals surface area (Å²) in [6.07, 6.45) is 7.06. The van der Waals surface area contributed by atoms with E-state index in [0.29, 0.717) is 19.0 Å². The minimum Gasteiger partial charge on any atom is -0.373 e. The Morgan fingerprint density at radius 1 is 1.07 bits per heavy atom. The van der Waals surface area contributed by atoms with Gasteiger partial charge < -0.3 is 15.1 Å². The molecule has 1 aromatic heterocycles. The second kappa shape index (κ2) is 7.44. The Morgan fingerprint density at radius 3 is 2.56 bits per heavy atom. The number of hydrogen-bond donors (Lipinski definition) is 1. The van der Waals surface area contributed by atoms with Crippen LogP contribution in [-0.4, -0.2) is 51.7 Å². The van der Waals surface area contributed by atoms with Crippen LogP contribution >= 0.6 is 0 Å². The summed E-state index contributed by atoms with van der Waals surface area (Å²) in [5, 5.41) is 3.19. The molecule has 146 valence electrons. The van der Waals surface area contributed by atoms with Gasteiger partial charge in [-0.15, -0.1) is 0 Å². The summed E-state index contributed by atoms with van der Waals surface area (Å²) in [7, 11) is 1.86. The van der Waals surface area contributed by atoms with Crippen LogP contribution in [0.1, 0.15) is 68.6 Å². The van der Waals surface area contributed by atoms with Crippen molar-refractivity contribution in [1.82, 2.24) is 19.8 Å². The molecule has 1 saturated carbocycles. The third kappa shape index (κ3) is 3.39. The molecule has 1 N–H and O–H groups in total. The van der Waals surface area contributed by atoms with Crippen molar-refractivity contribution in [2.24, 2.45) is 5.92 Å². The first-order chi connectivity index (χ1) is 13.1. The van der Waals surface area contributed by atoms with Crippen molar-refractivity contribution in [3.8, 4) is 0 Å². The molecule has 3 aliphatic rings. The Kier molecular flexibility index (Phi) is 5.02. The molecule has 0 aromatic carbocycles. The van der Waals surface area contributed by atoms with Gasteiger partial charge in [-0.1, -0.05) is 12.8 Å². The van der Waals surface area contributed by atoms with Crippen LogP contribution in [0.3, 0.4) is 0 Å². The van der Waals surface area contributed by atoms with Crippen LogP contribution in [-0.2, 0) is 22.6 Å². The maximum absolute atomic E-state index is 13.0. The largest absolute Gasteiger partial charge is 0.373 e. The van der Waals surface area contributed by atoms with Gasteiger partial charge in [0.05, 0.1) is 18.3 Å². The molecule has 27 heavy (non-hydrogen) atoms. The van der Waals surface area contributed by atoms with Crippen molar-refractivity contribution < 1.29 is 9.59 Å². The molecule has 0 radical (unpaired) electrons. The van der Waals surface area contributed by atoms with E-state index in [2.05, 4.69) is 5.32 Å². The lowest BCUT2D eigenvalue weighted by Crippen LogP contribution is -2.37. The summed E-state index contributed by atoms with van der Waals surface area (Å²) in [5.74, 6) is 2.12. The van der Waals surface area contributed by atoms with E-state index in [1.807, 2.05) is 16.8 Å². The normalized spacial score (nSPS) is 22.8. The summed E-state index contributed by atoms with van der Waals surface area (Å²) in [6, 6.07) is -0.0127. The molecule has 2 fully saturated rings. The minimum atomic E-state index is -0.0127. The third-order valence-corrected chi connectivity index (χ3v) is 6.30. The summed E-state index contributed by atoms with van der Waals surface area (Å²) in [5.41, 5.74) is 2.02. The van der Waals surface area contributed by atoms with E-state index in [4.69, 9.17) is 9.97 Å². The van der Waals surface area contributed by atoms with Crippen molar-refractivity contribution in [1.29, 1.82) is 0 Å². The fourth-order valence-corrected chi connectivity index (χ4v) is 4.76.